The summed E-state index contributed by atoms with van der Waals surface area (Å²) in [5, 5.41) is 1.97. The number of aldehydes is 1. The molecule has 1 heterocycles. The molecule has 1 aromatic rings. The zero-order valence-electron chi connectivity index (χ0n) is 7.20. The average molecular weight is 188 g/mol. The van der Waals surface area contributed by atoms with E-state index in [0.717, 1.165) is 0 Å². The summed E-state index contributed by atoms with van der Waals surface area (Å²) in [6, 6.07) is 0. The van der Waals surface area contributed by atoms with Crippen LogP contribution < -0.4 is 5.56 Å². The Balaban J connectivity index is 3.32. The number of nitrogens with one attached hydrogen (secondary N) is 1. The number of aromatic amines is 1. The lowest BCUT2D eigenvalue weighted by Gasteiger charge is -2.04. The fourth-order valence-electron chi connectivity index (χ4n) is 1.04. The molecule has 0 spiro atoms. The molecular weight excluding hydrogens is 179 g/mol. The molecule has 1 atom stereocenters. The fourth-order valence-corrected chi connectivity index (χ4v) is 1.04. The molecule has 13 heavy (non-hydrogen) atoms. The second-order valence-electron chi connectivity index (χ2n) is 2.52. The quantitative estimate of drug-likeness (QED) is 0.699. The number of carbonyl (C=O) groups excluding carboxylic acids is 1. The molecule has 0 fully saturated rings. The molecule has 0 bridgehead atoms. The number of methoxy groups -OCH3 is 1. The Hall–Kier alpha value is -1.43. The van der Waals surface area contributed by atoms with Gasteiger partial charge in [-0.25, -0.2) is 0 Å². The van der Waals surface area contributed by atoms with E-state index >= 15 is 0 Å². The van der Waals surface area contributed by atoms with Gasteiger partial charge in [0.05, 0.1) is 11.7 Å². The van der Waals surface area contributed by atoms with Gasteiger partial charge in [0.15, 0.2) is 6.29 Å². The standard InChI is InChI=1S/C7H9FN2O3/c1-4(13-2)6-5(3-11)9-10(8)7(6)12/h3-4,9H,1-2H3. The van der Waals surface area contributed by atoms with Crippen LogP contribution in [-0.4, -0.2) is 23.4 Å². The summed E-state index contributed by atoms with van der Waals surface area (Å²) >= 11 is 0. The summed E-state index contributed by atoms with van der Waals surface area (Å²) in [4.78, 5) is 21.2. The molecule has 5 nitrogen and oxygen atoms in total. The zero-order valence-corrected chi connectivity index (χ0v) is 7.20. The lowest BCUT2D eigenvalue weighted by Crippen LogP contribution is -2.15. The van der Waals surface area contributed by atoms with Crippen molar-refractivity contribution in [2.45, 2.75) is 13.0 Å². The Labute approximate surface area is 73.0 Å². The second-order valence-corrected chi connectivity index (χ2v) is 2.52. The van der Waals surface area contributed by atoms with E-state index in [1.54, 1.807) is 6.92 Å². The molecule has 0 aliphatic carbocycles. The number of hydrogen-bond acceptors (Lipinski definition) is 3. The monoisotopic (exact) mass is 188 g/mol. The molecule has 0 saturated heterocycles. The highest BCUT2D eigenvalue weighted by molar-refractivity contribution is 5.74. The molecule has 0 aliphatic heterocycles. The third-order valence-electron chi connectivity index (χ3n) is 1.80. The third kappa shape index (κ3) is 1.52. The molecule has 0 aliphatic rings. The number of carbonyl (C=O) groups is 1. The van der Waals surface area contributed by atoms with Gasteiger partial charge >= 0.3 is 5.56 Å². The predicted molar refractivity (Wildman–Crippen MR) is 42.4 cm³/mol. The Kier molecular flexibility index (Phi) is 2.62. The van der Waals surface area contributed by atoms with E-state index in [1.165, 1.54) is 7.11 Å². The average Bonchev–Trinajstić information content (AvgIpc) is 2.42. The zero-order chi connectivity index (χ0) is 10.0. The van der Waals surface area contributed by atoms with Gasteiger partial charge in [-0.15, -0.1) is 0 Å². The van der Waals surface area contributed by atoms with Gasteiger partial charge < -0.3 is 4.74 Å². The largest absolute Gasteiger partial charge is 0.377 e. The minimum atomic E-state index is -0.892. The molecule has 72 valence electrons. The first-order valence-electron chi connectivity index (χ1n) is 3.60. The first-order chi connectivity index (χ1) is 6.11. The molecule has 0 radical (unpaired) electrons. The van der Waals surface area contributed by atoms with Crippen molar-refractivity contribution in [3.63, 3.8) is 0 Å². The fraction of sp³-hybridized carbons (Fsp3) is 0.429. The van der Waals surface area contributed by atoms with Crippen LogP contribution in [0.1, 0.15) is 29.1 Å². The Morgan fingerprint density at radius 2 is 2.31 bits per heavy atom. The molecule has 1 N–H and O–H groups in total. The highest BCUT2D eigenvalue weighted by Crippen LogP contribution is 2.13. The topological polar surface area (TPSA) is 64.1 Å². The van der Waals surface area contributed by atoms with E-state index in [-0.39, 0.29) is 16.2 Å². The molecule has 1 aromatic heterocycles. The van der Waals surface area contributed by atoms with Crippen LogP contribution in [0.15, 0.2) is 4.79 Å². The molecule has 0 amide bonds. The number of halogens is 1. The van der Waals surface area contributed by atoms with Crippen LogP contribution in [0.3, 0.4) is 0 Å². The number of H-pyrrole nitrogens is 1. The number of rotatable bonds is 3. The number of ether oxygens (including phenoxy) is 1. The smallest absolute Gasteiger partial charge is 0.303 e. The van der Waals surface area contributed by atoms with Crippen molar-refractivity contribution in [1.29, 1.82) is 0 Å². The maximum absolute atomic E-state index is 12.6. The lowest BCUT2D eigenvalue weighted by molar-refractivity contribution is 0.108. The molecule has 1 rings (SSSR count). The summed E-state index contributed by atoms with van der Waals surface area (Å²) in [7, 11) is 1.37. The van der Waals surface area contributed by atoms with E-state index in [1.807, 2.05) is 5.10 Å². The summed E-state index contributed by atoms with van der Waals surface area (Å²) in [6.45, 7) is 1.55. The van der Waals surface area contributed by atoms with Crippen molar-refractivity contribution in [3.05, 3.63) is 21.6 Å². The maximum Gasteiger partial charge on any atom is 0.303 e. The molecular formula is C7H9FN2O3. The lowest BCUT2D eigenvalue weighted by atomic mass is 10.1. The van der Waals surface area contributed by atoms with Crippen molar-refractivity contribution in [3.8, 4) is 0 Å². The van der Waals surface area contributed by atoms with Crippen LogP contribution in [-0.2, 0) is 4.74 Å². The van der Waals surface area contributed by atoms with E-state index in [9.17, 15) is 14.1 Å². The maximum atomic E-state index is 12.6. The second kappa shape index (κ2) is 3.53. The van der Waals surface area contributed by atoms with Crippen molar-refractivity contribution in [2.75, 3.05) is 7.11 Å². The van der Waals surface area contributed by atoms with E-state index in [4.69, 9.17) is 4.74 Å². The van der Waals surface area contributed by atoms with Gasteiger partial charge in [0.2, 0.25) is 0 Å². The first-order valence-corrected chi connectivity index (χ1v) is 3.60. The number of nitrogens with zero attached hydrogens (tertiary/aromatic N) is 1. The normalized spacial score (nSPS) is 12.8. The van der Waals surface area contributed by atoms with E-state index in [0.29, 0.717) is 6.29 Å². The molecule has 0 aromatic carbocycles. The Morgan fingerprint density at radius 3 is 2.77 bits per heavy atom. The van der Waals surface area contributed by atoms with Crippen LogP contribution in [0.25, 0.3) is 0 Å². The van der Waals surface area contributed by atoms with Crippen LogP contribution in [0.2, 0.25) is 0 Å². The minimum Gasteiger partial charge on any atom is -0.377 e. The van der Waals surface area contributed by atoms with E-state index < -0.39 is 11.7 Å². The van der Waals surface area contributed by atoms with Gasteiger partial charge in [0.1, 0.15) is 5.69 Å². The van der Waals surface area contributed by atoms with Crippen molar-refractivity contribution < 1.29 is 14.0 Å². The Morgan fingerprint density at radius 1 is 1.69 bits per heavy atom. The first kappa shape index (κ1) is 9.66. The van der Waals surface area contributed by atoms with Gasteiger partial charge in [-0.05, 0) is 6.92 Å². The highest BCUT2D eigenvalue weighted by atomic mass is 19.2. The van der Waals surface area contributed by atoms with Gasteiger partial charge in [-0.1, -0.05) is 9.39 Å². The molecule has 1 unspecified atom stereocenters. The summed E-state index contributed by atoms with van der Waals surface area (Å²) in [6.07, 6.45) is -0.233. The van der Waals surface area contributed by atoms with Gasteiger partial charge in [0, 0.05) is 7.11 Å². The van der Waals surface area contributed by atoms with Gasteiger partial charge in [-0.2, -0.15) is 0 Å². The van der Waals surface area contributed by atoms with Crippen LogP contribution in [0.4, 0.5) is 4.48 Å². The highest BCUT2D eigenvalue weighted by Gasteiger charge is 2.19. The van der Waals surface area contributed by atoms with Crippen LogP contribution in [0.5, 0.6) is 0 Å². The SMILES string of the molecule is COC(C)c1c(C=O)[nH]n(F)c1=O. The van der Waals surface area contributed by atoms with Crippen LogP contribution >= 0.6 is 0 Å². The minimum absolute atomic E-state index is 0.000000000000000222. The number of aromatic nitrogens is 2. The summed E-state index contributed by atoms with van der Waals surface area (Å²) in [5.74, 6) is 0. The summed E-state index contributed by atoms with van der Waals surface area (Å²) in [5.41, 5.74) is -0.988. The number of hydrogen-bond donors (Lipinski definition) is 1. The van der Waals surface area contributed by atoms with Crippen molar-refractivity contribution in [1.82, 2.24) is 10.0 Å². The van der Waals surface area contributed by atoms with Crippen LogP contribution in [0, 0.1) is 0 Å². The third-order valence-corrected chi connectivity index (χ3v) is 1.80. The summed E-state index contributed by atoms with van der Waals surface area (Å²) < 4.78 is 17.4. The Bertz CT molecular complexity index is 368. The van der Waals surface area contributed by atoms with Crippen molar-refractivity contribution >= 4 is 6.29 Å². The van der Waals surface area contributed by atoms with Crippen molar-refractivity contribution in [2.24, 2.45) is 0 Å². The van der Waals surface area contributed by atoms with Gasteiger partial charge in [0.25, 0.3) is 0 Å². The molecule has 6 heteroatoms. The molecule has 0 saturated carbocycles. The van der Waals surface area contributed by atoms with E-state index in [2.05, 4.69) is 0 Å². The van der Waals surface area contributed by atoms with Gasteiger partial charge in [-0.3, -0.25) is 14.7 Å². The predicted octanol–water partition coefficient (Wildman–Crippen LogP) is 0.429.